The number of nitrogens with zero attached hydrogens (tertiary/aromatic N) is 2. The maximum absolute atomic E-state index is 13.2. The van der Waals surface area contributed by atoms with Gasteiger partial charge in [-0.3, -0.25) is 0 Å². The van der Waals surface area contributed by atoms with Crippen LogP contribution in [0.4, 0.5) is 16.0 Å². The molecule has 1 aromatic heterocycles. The van der Waals surface area contributed by atoms with Crippen LogP contribution < -0.4 is 5.32 Å². The van der Waals surface area contributed by atoms with Gasteiger partial charge in [-0.25, -0.2) is 9.37 Å². The normalized spacial score (nSPS) is 16.3. The van der Waals surface area contributed by atoms with Crippen LogP contribution in [0.3, 0.4) is 0 Å². The first-order chi connectivity index (χ1) is 9.74. The number of hydrogen-bond acceptors (Lipinski definition) is 2. The molecule has 5 heteroatoms. The number of halogens is 2. The Kier molecular flexibility index (Phi) is 3.92. The van der Waals surface area contributed by atoms with E-state index in [4.69, 9.17) is 11.6 Å². The highest BCUT2D eigenvalue weighted by Gasteiger charge is 2.17. The molecule has 0 amide bonds. The lowest BCUT2D eigenvalue weighted by atomic mass is 9.95. The average molecular weight is 294 g/mol. The second kappa shape index (κ2) is 5.83. The first-order valence-corrected chi connectivity index (χ1v) is 7.37. The third-order valence-corrected chi connectivity index (χ3v) is 4.10. The molecule has 3 rings (SSSR count). The lowest BCUT2D eigenvalue weighted by Gasteiger charge is -2.24. The monoisotopic (exact) mass is 293 g/mol. The number of nitrogens with one attached hydrogen (secondary N) is 1. The van der Waals surface area contributed by atoms with Crippen molar-refractivity contribution in [2.45, 2.75) is 38.1 Å². The summed E-state index contributed by atoms with van der Waals surface area (Å²) in [6.45, 7) is 0. The molecule has 0 aliphatic heterocycles. The fourth-order valence-electron chi connectivity index (χ4n) is 2.77. The van der Waals surface area contributed by atoms with Gasteiger partial charge >= 0.3 is 0 Å². The van der Waals surface area contributed by atoms with Gasteiger partial charge in [0.05, 0.1) is 5.02 Å². The Balaban J connectivity index is 1.80. The van der Waals surface area contributed by atoms with Gasteiger partial charge in [-0.15, -0.1) is 0 Å². The summed E-state index contributed by atoms with van der Waals surface area (Å²) < 4.78 is 15.3. The summed E-state index contributed by atoms with van der Waals surface area (Å²) in [6, 6.07) is 5.11. The van der Waals surface area contributed by atoms with E-state index >= 15 is 0 Å². The summed E-state index contributed by atoms with van der Waals surface area (Å²) in [4.78, 5) is 4.35. The fourth-order valence-corrected chi connectivity index (χ4v) is 2.95. The van der Waals surface area contributed by atoms with Crippen LogP contribution in [0.15, 0.2) is 30.6 Å². The third kappa shape index (κ3) is 2.80. The van der Waals surface area contributed by atoms with Crippen molar-refractivity contribution in [1.82, 2.24) is 9.55 Å². The molecule has 1 aliphatic carbocycles. The highest BCUT2D eigenvalue weighted by molar-refractivity contribution is 6.31. The zero-order valence-electron chi connectivity index (χ0n) is 11.1. The minimum atomic E-state index is -0.409. The van der Waals surface area contributed by atoms with Crippen molar-refractivity contribution < 1.29 is 4.39 Å². The molecule has 0 radical (unpaired) electrons. The van der Waals surface area contributed by atoms with E-state index in [1.807, 2.05) is 6.20 Å². The Bertz CT molecular complexity index is 591. The molecule has 0 spiro atoms. The van der Waals surface area contributed by atoms with Gasteiger partial charge in [-0.1, -0.05) is 30.9 Å². The van der Waals surface area contributed by atoms with Crippen LogP contribution in [0.1, 0.15) is 38.1 Å². The van der Waals surface area contributed by atoms with Crippen molar-refractivity contribution in [2.75, 3.05) is 5.32 Å². The molecular formula is C15H17ClFN3. The SMILES string of the molecule is Fc1ccc(Nc2nccn2C2CCCCC2)cc1Cl. The van der Waals surface area contributed by atoms with Crippen molar-refractivity contribution in [3.8, 4) is 0 Å². The van der Waals surface area contributed by atoms with E-state index in [1.165, 1.54) is 38.2 Å². The van der Waals surface area contributed by atoms with Crippen LogP contribution in [0.5, 0.6) is 0 Å². The van der Waals surface area contributed by atoms with Crippen molar-refractivity contribution in [1.29, 1.82) is 0 Å². The smallest absolute Gasteiger partial charge is 0.207 e. The average Bonchev–Trinajstić information content (AvgIpc) is 2.92. The quantitative estimate of drug-likeness (QED) is 0.870. The molecule has 0 bridgehead atoms. The molecule has 0 unspecified atom stereocenters. The predicted octanol–water partition coefficient (Wildman–Crippen LogP) is 4.92. The number of anilines is 2. The summed E-state index contributed by atoms with van der Waals surface area (Å²) >= 11 is 5.80. The number of imidazole rings is 1. The summed E-state index contributed by atoms with van der Waals surface area (Å²) in [5.41, 5.74) is 0.750. The predicted molar refractivity (Wildman–Crippen MR) is 79.0 cm³/mol. The van der Waals surface area contributed by atoms with E-state index in [-0.39, 0.29) is 5.02 Å². The third-order valence-electron chi connectivity index (χ3n) is 3.81. The lowest BCUT2D eigenvalue weighted by Crippen LogP contribution is -2.14. The molecule has 3 nitrogen and oxygen atoms in total. The maximum atomic E-state index is 13.2. The van der Waals surface area contributed by atoms with Crippen LogP contribution >= 0.6 is 11.6 Å². The molecule has 1 saturated carbocycles. The van der Waals surface area contributed by atoms with Crippen molar-refractivity contribution in [2.24, 2.45) is 0 Å². The first kappa shape index (κ1) is 13.4. The largest absolute Gasteiger partial charge is 0.326 e. The number of aromatic nitrogens is 2. The van der Waals surface area contributed by atoms with Gasteiger partial charge in [0.2, 0.25) is 5.95 Å². The minimum Gasteiger partial charge on any atom is -0.326 e. The summed E-state index contributed by atoms with van der Waals surface area (Å²) in [6.07, 6.45) is 10.0. The number of hydrogen-bond donors (Lipinski definition) is 1. The molecule has 1 fully saturated rings. The van der Waals surface area contributed by atoms with Gasteiger partial charge in [0.25, 0.3) is 0 Å². The van der Waals surface area contributed by atoms with Crippen LogP contribution in [0.2, 0.25) is 5.02 Å². The van der Waals surface area contributed by atoms with Gasteiger partial charge in [0.15, 0.2) is 0 Å². The molecule has 2 aromatic rings. The zero-order valence-corrected chi connectivity index (χ0v) is 11.9. The van der Waals surface area contributed by atoms with Gasteiger partial charge in [-0.05, 0) is 31.0 Å². The summed E-state index contributed by atoms with van der Waals surface area (Å²) in [7, 11) is 0. The molecule has 1 N–H and O–H groups in total. The van der Waals surface area contributed by atoms with Crippen LogP contribution in [-0.4, -0.2) is 9.55 Å². The highest BCUT2D eigenvalue weighted by atomic mass is 35.5. The van der Waals surface area contributed by atoms with Gasteiger partial charge < -0.3 is 9.88 Å². The second-order valence-electron chi connectivity index (χ2n) is 5.20. The van der Waals surface area contributed by atoms with Crippen molar-refractivity contribution in [3.63, 3.8) is 0 Å². The number of rotatable bonds is 3. The van der Waals surface area contributed by atoms with Gasteiger partial charge in [-0.2, -0.15) is 0 Å². The van der Waals surface area contributed by atoms with E-state index < -0.39 is 5.82 Å². The summed E-state index contributed by atoms with van der Waals surface area (Å²) in [5, 5.41) is 3.34. The first-order valence-electron chi connectivity index (χ1n) is 6.99. The Labute approximate surface area is 122 Å². The molecule has 0 saturated heterocycles. The molecule has 0 atom stereocenters. The maximum Gasteiger partial charge on any atom is 0.207 e. The van der Waals surface area contributed by atoms with E-state index in [0.717, 1.165) is 11.6 Å². The Morgan fingerprint density at radius 2 is 2.05 bits per heavy atom. The highest BCUT2D eigenvalue weighted by Crippen LogP contribution is 2.31. The molecule has 1 heterocycles. The Morgan fingerprint density at radius 1 is 1.25 bits per heavy atom. The second-order valence-corrected chi connectivity index (χ2v) is 5.61. The van der Waals surface area contributed by atoms with Crippen molar-refractivity contribution >= 4 is 23.2 Å². The van der Waals surface area contributed by atoms with Crippen LogP contribution in [-0.2, 0) is 0 Å². The Morgan fingerprint density at radius 3 is 2.80 bits per heavy atom. The molecule has 20 heavy (non-hydrogen) atoms. The van der Waals surface area contributed by atoms with E-state index in [0.29, 0.717) is 6.04 Å². The Hall–Kier alpha value is -1.55. The summed E-state index contributed by atoms with van der Waals surface area (Å²) in [5.74, 6) is 0.382. The number of benzene rings is 1. The molecule has 1 aliphatic rings. The van der Waals surface area contributed by atoms with Crippen LogP contribution in [0.25, 0.3) is 0 Å². The van der Waals surface area contributed by atoms with Crippen LogP contribution in [0, 0.1) is 5.82 Å². The standard InChI is InChI=1S/C15H17ClFN3/c16-13-10-11(6-7-14(13)17)19-15-18-8-9-20(15)12-4-2-1-3-5-12/h6-10,12H,1-5H2,(H,18,19). The van der Waals surface area contributed by atoms with E-state index in [1.54, 1.807) is 18.3 Å². The zero-order chi connectivity index (χ0) is 13.9. The minimum absolute atomic E-state index is 0.116. The molecular weight excluding hydrogens is 277 g/mol. The molecule has 106 valence electrons. The molecule has 1 aromatic carbocycles. The van der Waals surface area contributed by atoms with E-state index in [2.05, 4.69) is 14.9 Å². The van der Waals surface area contributed by atoms with Crippen molar-refractivity contribution in [3.05, 3.63) is 41.4 Å². The lowest BCUT2D eigenvalue weighted by molar-refractivity contribution is 0.356. The van der Waals surface area contributed by atoms with Gasteiger partial charge in [0.1, 0.15) is 5.82 Å². The van der Waals surface area contributed by atoms with Gasteiger partial charge in [0, 0.05) is 24.1 Å². The fraction of sp³-hybridized carbons (Fsp3) is 0.400. The van der Waals surface area contributed by atoms with E-state index in [9.17, 15) is 4.39 Å². The topological polar surface area (TPSA) is 29.9 Å².